The van der Waals surface area contributed by atoms with Crippen molar-refractivity contribution < 1.29 is 14.7 Å². The van der Waals surface area contributed by atoms with Crippen LogP contribution in [0.1, 0.15) is 46.0 Å². The fraction of sp³-hybridized carbons (Fsp3) is 0.875. The second-order valence-corrected chi connectivity index (χ2v) is 7.28. The van der Waals surface area contributed by atoms with Crippen molar-refractivity contribution in [3.8, 4) is 0 Å². The Hall–Kier alpha value is -1.14. The van der Waals surface area contributed by atoms with Gasteiger partial charge in [-0.3, -0.25) is 9.59 Å². The van der Waals surface area contributed by atoms with E-state index in [1.807, 2.05) is 0 Å². The van der Waals surface area contributed by atoms with Crippen LogP contribution in [0.4, 0.5) is 0 Å². The summed E-state index contributed by atoms with van der Waals surface area (Å²) in [6.45, 7) is 5.76. The zero-order valence-electron chi connectivity index (χ0n) is 13.5. The van der Waals surface area contributed by atoms with Crippen LogP contribution in [0.15, 0.2) is 0 Å². The maximum absolute atomic E-state index is 12.7. The van der Waals surface area contributed by atoms with Crippen molar-refractivity contribution in [1.29, 1.82) is 0 Å². The Morgan fingerprint density at radius 1 is 1.41 bits per heavy atom. The van der Waals surface area contributed by atoms with Crippen molar-refractivity contribution in [2.75, 3.05) is 19.6 Å². The maximum Gasteiger partial charge on any atom is 0.248 e. The molecule has 3 fully saturated rings. The fourth-order valence-electron chi connectivity index (χ4n) is 4.26. The number of nitrogens with one attached hydrogen (secondary N) is 1. The molecule has 3 saturated heterocycles. The van der Waals surface area contributed by atoms with Crippen LogP contribution in [0.3, 0.4) is 0 Å². The Kier molecular flexibility index (Phi) is 4.16. The van der Waals surface area contributed by atoms with E-state index in [9.17, 15) is 14.7 Å². The average molecular weight is 309 g/mol. The summed E-state index contributed by atoms with van der Waals surface area (Å²) in [5.41, 5.74) is -0.199. The van der Waals surface area contributed by atoms with Crippen LogP contribution >= 0.6 is 0 Å². The van der Waals surface area contributed by atoms with E-state index in [0.717, 1.165) is 38.8 Å². The zero-order chi connectivity index (χ0) is 15.9. The summed E-state index contributed by atoms with van der Waals surface area (Å²) in [7, 11) is 0. The van der Waals surface area contributed by atoms with Gasteiger partial charge in [-0.05, 0) is 39.5 Å². The van der Waals surface area contributed by atoms with E-state index < -0.39 is 12.1 Å². The molecule has 0 saturated carbocycles. The lowest BCUT2D eigenvalue weighted by Crippen LogP contribution is -2.55. The minimum absolute atomic E-state index is 0.0138. The molecular formula is C16H27N3O3. The number of nitrogens with zero attached hydrogens (tertiary/aromatic N) is 2. The molecular weight excluding hydrogens is 282 g/mol. The van der Waals surface area contributed by atoms with Crippen LogP contribution in [-0.4, -0.2) is 70.1 Å². The first-order valence-corrected chi connectivity index (χ1v) is 8.46. The van der Waals surface area contributed by atoms with Crippen molar-refractivity contribution in [2.45, 2.75) is 69.7 Å². The molecule has 6 nitrogen and oxygen atoms in total. The standard InChI is InChI=1S/C16H27N3O3/c1-11-5-6-16(17-11)9-13(21)19(10-16)14(12(2)20)15(22)18-7-3-4-8-18/h11-12,14,17,20H,3-10H2,1-2H3. The molecule has 4 unspecified atom stereocenters. The van der Waals surface area contributed by atoms with Crippen molar-refractivity contribution in [2.24, 2.45) is 0 Å². The highest BCUT2D eigenvalue weighted by Crippen LogP contribution is 2.35. The van der Waals surface area contributed by atoms with E-state index in [1.54, 1.807) is 16.7 Å². The topological polar surface area (TPSA) is 72.9 Å². The molecule has 0 aromatic carbocycles. The summed E-state index contributed by atoms with van der Waals surface area (Å²) in [4.78, 5) is 28.7. The van der Waals surface area contributed by atoms with Gasteiger partial charge in [0.25, 0.3) is 0 Å². The fourth-order valence-corrected chi connectivity index (χ4v) is 4.26. The van der Waals surface area contributed by atoms with Gasteiger partial charge in [-0.25, -0.2) is 0 Å². The number of amides is 2. The Morgan fingerprint density at radius 2 is 2.09 bits per heavy atom. The average Bonchev–Trinajstić information content (AvgIpc) is 3.13. The molecule has 4 atom stereocenters. The molecule has 0 aromatic heterocycles. The van der Waals surface area contributed by atoms with Crippen LogP contribution in [-0.2, 0) is 9.59 Å². The van der Waals surface area contributed by atoms with E-state index in [0.29, 0.717) is 19.0 Å². The normalized spacial score (nSPS) is 34.7. The van der Waals surface area contributed by atoms with Gasteiger partial charge in [0.05, 0.1) is 6.10 Å². The van der Waals surface area contributed by atoms with E-state index in [-0.39, 0.29) is 17.4 Å². The Morgan fingerprint density at radius 3 is 2.64 bits per heavy atom. The molecule has 0 radical (unpaired) electrons. The number of hydrogen-bond donors (Lipinski definition) is 2. The van der Waals surface area contributed by atoms with Crippen LogP contribution in [0.2, 0.25) is 0 Å². The number of aliphatic hydroxyl groups excluding tert-OH is 1. The van der Waals surface area contributed by atoms with Gasteiger partial charge in [0.15, 0.2) is 0 Å². The monoisotopic (exact) mass is 309 g/mol. The van der Waals surface area contributed by atoms with Gasteiger partial charge in [-0.1, -0.05) is 0 Å². The van der Waals surface area contributed by atoms with Gasteiger partial charge in [0, 0.05) is 37.6 Å². The molecule has 124 valence electrons. The van der Waals surface area contributed by atoms with Crippen molar-refractivity contribution in [3.05, 3.63) is 0 Å². The largest absolute Gasteiger partial charge is 0.391 e. The molecule has 0 aliphatic carbocycles. The molecule has 0 aromatic rings. The second kappa shape index (κ2) is 5.81. The molecule has 6 heteroatoms. The van der Waals surface area contributed by atoms with Crippen molar-refractivity contribution in [1.82, 2.24) is 15.1 Å². The number of likely N-dealkylation sites (tertiary alicyclic amines) is 2. The lowest BCUT2D eigenvalue weighted by molar-refractivity contribution is -0.147. The highest BCUT2D eigenvalue weighted by atomic mass is 16.3. The predicted octanol–water partition coefficient (Wildman–Crippen LogP) is 0.101. The summed E-state index contributed by atoms with van der Waals surface area (Å²) >= 11 is 0. The number of carbonyl (C=O) groups excluding carboxylic acids is 2. The highest BCUT2D eigenvalue weighted by molar-refractivity contribution is 5.90. The molecule has 0 bridgehead atoms. The number of rotatable bonds is 3. The van der Waals surface area contributed by atoms with Gasteiger partial charge in [0.1, 0.15) is 6.04 Å². The van der Waals surface area contributed by atoms with E-state index >= 15 is 0 Å². The molecule has 22 heavy (non-hydrogen) atoms. The van der Waals surface area contributed by atoms with Crippen molar-refractivity contribution in [3.63, 3.8) is 0 Å². The van der Waals surface area contributed by atoms with Gasteiger partial charge in [-0.15, -0.1) is 0 Å². The summed E-state index contributed by atoms with van der Waals surface area (Å²) < 4.78 is 0. The molecule has 2 N–H and O–H groups in total. The van der Waals surface area contributed by atoms with E-state index in [4.69, 9.17) is 0 Å². The molecule has 3 heterocycles. The summed E-state index contributed by atoms with van der Waals surface area (Å²) in [6, 6.07) is -0.324. The summed E-state index contributed by atoms with van der Waals surface area (Å²) in [5, 5.41) is 13.7. The molecule has 1 spiro atoms. The van der Waals surface area contributed by atoms with Gasteiger partial charge in [0.2, 0.25) is 11.8 Å². The van der Waals surface area contributed by atoms with Crippen molar-refractivity contribution >= 4 is 11.8 Å². The lowest BCUT2D eigenvalue weighted by atomic mass is 9.96. The first-order chi connectivity index (χ1) is 10.4. The number of aliphatic hydroxyl groups is 1. The van der Waals surface area contributed by atoms with Gasteiger partial charge in [-0.2, -0.15) is 0 Å². The van der Waals surface area contributed by atoms with Gasteiger partial charge < -0.3 is 20.2 Å². The van der Waals surface area contributed by atoms with Crippen LogP contribution in [0.25, 0.3) is 0 Å². The smallest absolute Gasteiger partial charge is 0.248 e. The van der Waals surface area contributed by atoms with E-state index in [2.05, 4.69) is 12.2 Å². The third-order valence-corrected chi connectivity index (χ3v) is 5.35. The highest BCUT2D eigenvalue weighted by Gasteiger charge is 2.51. The molecule has 3 rings (SSSR count). The maximum atomic E-state index is 12.7. The first kappa shape index (κ1) is 15.7. The molecule has 3 aliphatic rings. The summed E-state index contributed by atoms with van der Waals surface area (Å²) in [5.74, 6) is -0.107. The van der Waals surface area contributed by atoms with Crippen LogP contribution in [0.5, 0.6) is 0 Å². The summed E-state index contributed by atoms with van der Waals surface area (Å²) in [6.07, 6.45) is 3.63. The first-order valence-electron chi connectivity index (χ1n) is 8.46. The second-order valence-electron chi connectivity index (χ2n) is 7.28. The Bertz CT molecular complexity index is 462. The minimum Gasteiger partial charge on any atom is -0.391 e. The van der Waals surface area contributed by atoms with Crippen LogP contribution in [0, 0.1) is 0 Å². The van der Waals surface area contributed by atoms with E-state index in [1.165, 1.54) is 0 Å². The quantitative estimate of drug-likeness (QED) is 0.776. The third kappa shape index (κ3) is 2.74. The molecule has 2 amide bonds. The number of carbonyl (C=O) groups is 2. The molecule has 3 aliphatic heterocycles. The lowest BCUT2D eigenvalue weighted by Gasteiger charge is -2.33. The predicted molar refractivity (Wildman–Crippen MR) is 82.2 cm³/mol. The number of hydrogen-bond acceptors (Lipinski definition) is 4. The third-order valence-electron chi connectivity index (χ3n) is 5.35. The zero-order valence-corrected chi connectivity index (χ0v) is 13.5. The minimum atomic E-state index is -0.842. The SMILES string of the molecule is CC1CCC2(CC(=O)N(C(C(=O)N3CCCC3)C(C)O)C2)N1. The Labute approximate surface area is 131 Å². The van der Waals surface area contributed by atoms with Gasteiger partial charge >= 0.3 is 0 Å². The Balaban J connectivity index is 1.77. The van der Waals surface area contributed by atoms with Crippen LogP contribution < -0.4 is 5.32 Å².